The minimum absolute atomic E-state index is 0.356. The average Bonchev–Trinajstić information content (AvgIpc) is 3.33. The molecule has 2 aromatic rings. The lowest BCUT2D eigenvalue weighted by molar-refractivity contribution is 0.00578. The molecular weight excluding hydrogens is 431 g/mol. The average molecular weight is 455 g/mol. The molecule has 0 aromatic carbocycles. The fourth-order valence-corrected chi connectivity index (χ4v) is 2.69. The van der Waals surface area contributed by atoms with Crippen LogP contribution < -0.4 is 5.59 Å². The topological polar surface area (TPSA) is 103 Å². The molecule has 0 spiro atoms. The van der Waals surface area contributed by atoms with Crippen molar-refractivity contribution in [2.24, 2.45) is 0 Å². The van der Waals surface area contributed by atoms with Crippen molar-refractivity contribution in [1.82, 2.24) is 9.97 Å². The Bertz CT molecular complexity index is 829. The first-order valence-corrected chi connectivity index (χ1v) is 9.35. The smallest absolute Gasteiger partial charge is 0.464 e. The van der Waals surface area contributed by atoms with Crippen molar-refractivity contribution in [2.45, 2.75) is 38.9 Å². The molecule has 0 unspecified atom stereocenters. The Morgan fingerprint density at radius 2 is 1.36 bits per heavy atom. The molecular formula is C18H24BBrN2O6. The predicted molar refractivity (Wildman–Crippen MR) is 108 cm³/mol. The van der Waals surface area contributed by atoms with Crippen LogP contribution in [0.5, 0.6) is 0 Å². The Morgan fingerprint density at radius 1 is 0.893 bits per heavy atom. The fourth-order valence-electron chi connectivity index (χ4n) is 2.35. The van der Waals surface area contributed by atoms with E-state index in [0.717, 1.165) is 4.60 Å². The van der Waals surface area contributed by atoms with E-state index in [2.05, 4.69) is 35.4 Å². The SMILES string of the molecule is COC(=O)c1ccc(B2OC(C)(C)C(C)(C)O2)[nH]1.COC(=O)c1ccc(Br)[nH]1. The summed E-state index contributed by atoms with van der Waals surface area (Å²) in [6, 6.07) is 6.82. The third-order valence-corrected chi connectivity index (χ3v) is 5.14. The molecule has 152 valence electrons. The van der Waals surface area contributed by atoms with E-state index in [0.29, 0.717) is 17.0 Å². The van der Waals surface area contributed by atoms with Gasteiger partial charge in [0, 0.05) is 5.59 Å². The van der Waals surface area contributed by atoms with E-state index in [1.54, 1.807) is 24.3 Å². The van der Waals surface area contributed by atoms with Crippen molar-refractivity contribution < 1.29 is 28.4 Å². The summed E-state index contributed by atoms with van der Waals surface area (Å²) in [5.74, 6) is -0.761. The van der Waals surface area contributed by atoms with Gasteiger partial charge in [0.25, 0.3) is 0 Å². The lowest BCUT2D eigenvalue weighted by Crippen LogP contribution is -2.41. The normalized spacial score (nSPS) is 16.9. The van der Waals surface area contributed by atoms with Crippen LogP contribution >= 0.6 is 15.9 Å². The van der Waals surface area contributed by atoms with Crippen molar-refractivity contribution in [3.63, 3.8) is 0 Å². The second kappa shape index (κ2) is 8.54. The molecule has 0 amide bonds. The summed E-state index contributed by atoms with van der Waals surface area (Å²) < 4.78 is 21.6. The Balaban J connectivity index is 0.000000237. The zero-order chi connectivity index (χ0) is 21.1. The zero-order valence-electron chi connectivity index (χ0n) is 16.7. The molecule has 28 heavy (non-hydrogen) atoms. The molecule has 0 atom stereocenters. The number of hydrogen-bond donors (Lipinski definition) is 2. The van der Waals surface area contributed by atoms with E-state index in [1.165, 1.54) is 14.2 Å². The molecule has 8 nitrogen and oxygen atoms in total. The van der Waals surface area contributed by atoms with Gasteiger partial charge in [0.15, 0.2) is 0 Å². The van der Waals surface area contributed by atoms with Crippen molar-refractivity contribution >= 4 is 40.6 Å². The number of ether oxygens (including phenoxy) is 2. The van der Waals surface area contributed by atoms with Gasteiger partial charge in [-0.25, -0.2) is 9.59 Å². The number of aromatic nitrogens is 2. The number of carbonyl (C=O) groups excluding carboxylic acids is 2. The van der Waals surface area contributed by atoms with Gasteiger partial charge in [0.05, 0.1) is 30.0 Å². The van der Waals surface area contributed by atoms with E-state index in [1.807, 2.05) is 27.7 Å². The van der Waals surface area contributed by atoms with E-state index in [4.69, 9.17) is 9.31 Å². The number of esters is 2. The van der Waals surface area contributed by atoms with Gasteiger partial charge >= 0.3 is 19.1 Å². The van der Waals surface area contributed by atoms with Crippen LogP contribution in [0.15, 0.2) is 28.9 Å². The van der Waals surface area contributed by atoms with Gasteiger partial charge in [0.2, 0.25) is 0 Å². The zero-order valence-corrected chi connectivity index (χ0v) is 18.3. The first kappa shape index (κ1) is 22.3. The number of carbonyl (C=O) groups is 2. The van der Waals surface area contributed by atoms with Crippen LogP contribution in [0.25, 0.3) is 0 Å². The molecule has 0 aliphatic carbocycles. The fraction of sp³-hybridized carbons (Fsp3) is 0.444. The van der Waals surface area contributed by atoms with Crippen LogP contribution in [0.2, 0.25) is 0 Å². The van der Waals surface area contributed by atoms with Gasteiger partial charge in [-0.3, -0.25) is 0 Å². The van der Waals surface area contributed by atoms with Crippen LogP contribution in [-0.4, -0.2) is 54.4 Å². The monoisotopic (exact) mass is 454 g/mol. The standard InChI is InChI=1S/C12H18BNO4.C6H6BrNO2/c1-11(2)12(3,4)18-13(17-11)9-7-6-8(14-9)10(15)16-5;1-10-6(9)4-2-3-5(7)8-4/h6-7,14H,1-5H3;2-3,8H,1H3. The Morgan fingerprint density at radius 3 is 1.79 bits per heavy atom. The van der Waals surface area contributed by atoms with Crippen molar-refractivity contribution in [1.29, 1.82) is 0 Å². The molecule has 1 fully saturated rings. The summed E-state index contributed by atoms with van der Waals surface area (Å²) in [6.07, 6.45) is 0. The molecule has 10 heteroatoms. The first-order valence-electron chi connectivity index (χ1n) is 8.56. The van der Waals surface area contributed by atoms with Gasteiger partial charge < -0.3 is 28.8 Å². The summed E-state index contributed by atoms with van der Waals surface area (Å²) in [5, 5.41) is 0. The van der Waals surface area contributed by atoms with Crippen LogP contribution in [0.3, 0.4) is 0 Å². The highest BCUT2D eigenvalue weighted by molar-refractivity contribution is 9.10. The van der Waals surface area contributed by atoms with Crippen LogP contribution in [0, 0.1) is 0 Å². The second-order valence-electron chi connectivity index (χ2n) is 7.12. The number of rotatable bonds is 3. The molecule has 2 aromatic heterocycles. The molecule has 1 saturated heterocycles. The molecule has 3 rings (SSSR count). The van der Waals surface area contributed by atoms with E-state index in [9.17, 15) is 9.59 Å². The predicted octanol–water partition coefficient (Wildman–Crippen LogP) is 2.66. The molecule has 1 aliphatic heterocycles. The maximum atomic E-state index is 11.4. The largest absolute Gasteiger partial charge is 0.512 e. The third-order valence-electron chi connectivity index (χ3n) is 4.68. The lowest BCUT2D eigenvalue weighted by atomic mass is 9.85. The number of aromatic amines is 2. The second-order valence-corrected chi connectivity index (χ2v) is 7.97. The number of methoxy groups -OCH3 is 2. The van der Waals surface area contributed by atoms with Crippen molar-refractivity contribution in [3.8, 4) is 0 Å². The molecule has 1 aliphatic rings. The number of hydrogen-bond acceptors (Lipinski definition) is 6. The minimum Gasteiger partial charge on any atom is -0.464 e. The van der Waals surface area contributed by atoms with Gasteiger partial charge in [0.1, 0.15) is 11.4 Å². The minimum atomic E-state index is -0.492. The summed E-state index contributed by atoms with van der Waals surface area (Å²) in [6.45, 7) is 7.93. The quantitative estimate of drug-likeness (QED) is 0.545. The van der Waals surface area contributed by atoms with Gasteiger partial charge in [-0.05, 0) is 67.9 Å². The molecule has 3 heterocycles. The summed E-state index contributed by atoms with van der Waals surface area (Å²) in [7, 11) is 2.20. The molecule has 0 bridgehead atoms. The summed E-state index contributed by atoms with van der Waals surface area (Å²) >= 11 is 3.17. The van der Waals surface area contributed by atoms with Crippen molar-refractivity contribution in [3.05, 3.63) is 40.3 Å². The lowest BCUT2D eigenvalue weighted by Gasteiger charge is -2.32. The third kappa shape index (κ3) is 4.87. The van der Waals surface area contributed by atoms with E-state index < -0.39 is 24.3 Å². The highest BCUT2D eigenvalue weighted by Crippen LogP contribution is 2.36. The Hall–Kier alpha value is -2.04. The number of nitrogens with one attached hydrogen (secondary N) is 2. The molecule has 0 saturated carbocycles. The Labute approximate surface area is 172 Å². The summed E-state index contributed by atoms with van der Waals surface area (Å²) in [4.78, 5) is 27.8. The van der Waals surface area contributed by atoms with E-state index >= 15 is 0 Å². The van der Waals surface area contributed by atoms with Crippen LogP contribution in [0.4, 0.5) is 0 Å². The first-order chi connectivity index (χ1) is 13.0. The number of H-pyrrole nitrogens is 2. The van der Waals surface area contributed by atoms with Crippen LogP contribution in [-0.2, 0) is 18.8 Å². The Kier molecular flexibility index (Phi) is 6.79. The number of halogens is 1. The summed E-state index contributed by atoms with van der Waals surface area (Å²) in [5.41, 5.74) is 0.771. The van der Waals surface area contributed by atoms with Crippen LogP contribution in [0.1, 0.15) is 48.7 Å². The molecule has 2 N–H and O–H groups in total. The van der Waals surface area contributed by atoms with Gasteiger partial charge in [-0.2, -0.15) is 0 Å². The molecule has 0 radical (unpaired) electrons. The maximum Gasteiger partial charge on any atom is 0.512 e. The highest BCUT2D eigenvalue weighted by atomic mass is 79.9. The highest BCUT2D eigenvalue weighted by Gasteiger charge is 2.52. The van der Waals surface area contributed by atoms with Gasteiger partial charge in [-0.1, -0.05) is 0 Å². The van der Waals surface area contributed by atoms with Gasteiger partial charge in [-0.15, -0.1) is 0 Å². The van der Waals surface area contributed by atoms with Crippen molar-refractivity contribution in [2.75, 3.05) is 14.2 Å². The maximum absolute atomic E-state index is 11.4. The van der Waals surface area contributed by atoms with E-state index in [-0.39, 0.29) is 5.97 Å².